The van der Waals surface area contributed by atoms with Gasteiger partial charge in [-0.25, -0.2) is 4.98 Å². The summed E-state index contributed by atoms with van der Waals surface area (Å²) in [4.78, 5) is 29.1. The Kier molecular flexibility index (Phi) is 7.20. The van der Waals surface area contributed by atoms with E-state index in [0.717, 1.165) is 24.3 Å². The van der Waals surface area contributed by atoms with Crippen LogP contribution in [0.25, 0.3) is 10.2 Å². The van der Waals surface area contributed by atoms with Crippen molar-refractivity contribution in [1.82, 2.24) is 20.2 Å². The fraction of sp³-hybridized carbons (Fsp3) is 0.562. The van der Waals surface area contributed by atoms with Crippen LogP contribution >= 0.6 is 23.7 Å². The van der Waals surface area contributed by atoms with Crippen molar-refractivity contribution < 1.29 is 4.79 Å². The van der Waals surface area contributed by atoms with Gasteiger partial charge in [-0.2, -0.15) is 0 Å². The van der Waals surface area contributed by atoms with Crippen molar-refractivity contribution >= 4 is 39.9 Å². The van der Waals surface area contributed by atoms with Gasteiger partial charge in [0.25, 0.3) is 5.56 Å². The van der Waals surface area contributed by atoms with Gasteiger partial charge in [0.05, 0.1) is 11.7 Å². The Hall–Kier alpha value is -1.44. The average molecular weight is 371 g/mol. The second-order valence-corrected chi connectivity index (χ2v) is 6.88. The standard InChI is InChI=1S/C16H22N4O2S.ClH/c21-14(18-7-3-12-2-1-6-17-10-12)4-8-20-11-19-15-13(16(20)22)5-9-23-15;/h5,9,11-12,17H,1-4,6-8,10H2,(H,18,21);1H. The maximum atomic E-state index is 12.2. The molecule has 24 heavy (non-hydrogen) atoms. The number of thiophene rings is 1. The van der Waals surface area contributed by atoms with E-state index in [1.807, 2.05) is 5.38 Å². The fourth-order valence-corrected chi connectivity index (χ4v) is 3.67. The number of carbonyl (C=O) groups excluding carboxylic acids is 1. The van der Waals surface area contributed by atoms with Crippen LogP contribution in [0.3, 0.4) is 0 Å². The van der Waals surface area contributed by atoms with Crippen LogP contribution in [-0.4, -0.2) is 35.1 Å². The lowest BCUT2D eigenvalue weighted by Crippen LogP contribution is -2.33. The highest BCUT2D eigenvalue weighted by molar-refractivity contribution is 7.16. The molecule has 0 spiro atoms. The lowest BCUT2D eigenvalue weighted by atomic mass is 9.96. The number of nitrogens with one attached hydrogen (secondary N) is 2. The summed E-state index contributed by atoms with van der Waals surface area (Å²) in [5.41, 5.74) is -0.0719. The zero-order chi connectivity index (χ0) is 16.1. The number of piperidine rings is 1. The van der Waals surface area contributed by atoms with E-state index in [-0.39, 0.29) is 23.9 Å². The molecule has 0 aliphatic carbocycles. The van der Waals surface area contributed by atoms with E-state index >= 15 is 0 Å². The van der Waals surface area contributed by atoms with Crippen LogP contribution in [-0.2, 0) is 11.3 Å². The molecule has 1 amide bonds. The van der Waals surface area contributed by atoms with Crippen molar-refractivity contribution in [3.05, 3.63) is 28.1 Å². The summed E-state index contributed by atoms with van der Waals surface area (Å²) in [6.07, 6.45) is 5.31. The predicted molar refractivity (Wildman–Crippen MR) is 99.0 cm³/mol. The van der Waals surface area contributed by atoms with E-state index in [0.29, 0.717) is 30.8 Å². The van der Waals surface area contributed by atoms with Gasteiger partial charge in [-0.3, -0.25) is 14.2 Å². The average Bonchev–Trinajstić information content (AvgIpc) is 3.05. The third-order valence-electron chi connectivity index (χ3n) is 4.30. The van der Waals surface area contributed by atoms with Crippen LogP contribution in [0.5, 0.6) is 0 Å². The number of aryl methyl sites for hydroxylation is 1. The first-order chi connectivity index (χ1) is 11.2. The Morgan fingerprint density at radius 2 is 2.38 bits per heavy atom. The first kappa shape index (κ1) is 18.9. The van der Waals surface area contributed by atoms with Gasteiger partial charge < -0.3 is 10.6 Å². The van der Waals surface area contributed by atoms with E-state index in [2.05, 4.69) is 15.6 Å². The number of nitrogens with zero attached hydrogens (tertiary/aromatic N) is 2. The molecule has 3 heterocycles. The maximum Gasteiger partial charge on any atom is 0.262 e. The van der Waals surface area contributed by atoms with Gasteiger partial charge >= 0.3 is 0 Å². The van der Waals surface area contributed by atoms with Crippen molar-refractivity contribution in [3.8, 4) is 0 Å². The highest BCUT2D eigenvalue weighted by Gasteiger charge is 2.13. The molecule has 1 aliphatic rings. The molecule has 0 saturated carbocycles. The monoisotopic (exact) mass is 370 g/mol. The molecule has 8 heteroatoms. The summed E-state index contributed by atoms with van der Waals surface area (Å²) in [5, 5.41) is 8.82. The Bertz CT molecular complexity index is 724. The molecule has 0 radical (unpaired) electrons. The first-order valence-electron chi connectivity index (χ1n) is 8.14. The number of halogens is 1. The van der Waals surface area contributed by atoms with Crippen molar-refractivity contribution in [3.63, 3.8) is 0 Å². The SMILES string of the molecule is Cl.O=C(CCn1cnc2sccc2c1=O)NCCC1CCCNC1. The molecule has 2 N–H and O–H groups in total. The maximum absolute atomic E-state index is 12.2. The molecular weight excluding hydrogens is 348 g/mol. The molecule has 6 nitrogen and oxygen atoms in total. The molecule has 2 aromatic heterocycles. The van der Waals surface area contributed by atoms with E-state index < -0.39 is 0 Å². The number of fused-ring (bicyclic) bond motifs is 1. The van der Waals surface area contributed by atoms with Crippen molar-refractivity contribution in [1.29, 1.82) is 0 Å². The second kappa shape index (κ2) is 9.15. The van der Waals surface area contributed by atoms with Gasteiger partial charge in [-0.15, -0.1) is 23.7 Å². The Labute approximate surface area is 151 Å². The van der Waals surface area contributed by atoms with Gasteiger partial charge in [0.1, 0.15) is 4.83 Å². The minimum absolute atomic E-state index is 0. The van der Waals surface area contributed by atoms with Gasteiger partial charge in [0.2, 0.25) is 5.91 Å². The molecule has 1 saturated heterocycles. The Morgan fingerprint density at radius 3 is 3.17 bits per heavy atom. The van der Waals surface area contributed by atoms with Crippen LogP contribution in [0, 0.1) is 5.92 Å². The van der Waals surface area contributed by atoms with E-state index in [1.165, 1.54) is 35.1 Å². The van der Waals surface area contributed by atoms with Gasteiger partial charge in [-0.1, -0.05) is 0 Å². The lowest BCUT2D eigenvalue weighted by molar-refractivity contribution is -0.121. The largest absolute Gasteiger partial charge is 0.356 e. The quantitative estimate of drug-likeness (QED) is 0.812. The highest BCUT2D eigenvalue weighted by Crippen LogP contribution is 2.14. The number of carbonyl (C=O) groups is 1. The summed E-state index contributed by atoms with van der Waals surface area (Å²) >= 11 is 1.45. The third-order valence-corrected chi connectivity index (χ3v) is 5.12. The second-order valence-electron chi connectivity index (χ2n) is 5.98. The summed E-state index contributed by atoms with van der Waals surface area (Å²) in [7, 11) is 0. The molecule has 1 atom stereocenters. The van der Waals surface area contributed by atoms with Crippen LogP contribution in [0.2, 0.25) is 0 Å². The minimum Gasteiger partial charge on any atom is -0.356 e. The normalized spacial score (nSPS) is 17.4. The van der Waals surface area contributed by atoms with Crippen molar-refractivity contribution in [2.24, 2.45) is 5.92 Å². The third kappa shape index (κ3) is 4.78. The highest BCUT2D eigenvalue weighted by atomic mass is 35.5. The van der Waals surface area contributed by atoms with Gasteiger partial charge in [0, 0.05) is 19.5 Å². The molecule has 3 rings (SSSR count). The number of amides is 1. The molecule has 0 bridgehead atoms. The first-order valence-corrected chi connectivity index (χ1v) is 9.02. The summed E-state index contributed by atoms with van der Waals surface area (Å²) in [6, 6.07) is 1.78. The Balaban J connectivity index is 0.00000208. The zero-order valence-corrected chi connectivity index (χ0v) is 15.1. The molecule has 1 fully saturated rings. The van der Waals surface area contributed by atoms with Gasteiger partial charge in [-0.05, 0) is 49.7 Å². The zero-order valence-electron chi connectivity index (χ0n) is 13.5. The van der Waals surface area contributed by atoms with Crippen LogP contribution < -0.4 is 16.2 Å². The van der Waals surface area contributed by atoms with Crippen LogP contribution in [0.15, 0.2) is 22.6 Å². The predicted octanol–water partition coefficient (Wildman–Crippen LogP) is 1.78. The summed E-state index contributed by atoms with van der Waals surface area (Å²) in [5.74, 6) is 0.656. The molecule has 1 aliphatic heterocycles. The lowest BCUT2D eigenvalue weighted by Gasteiger charge is -2.22. The van der Waals surface area contributed by atoms with E-state index in [4.69, 9.17) is 0 Å². The van der Waals surface area contributed by atoms with E-state index in [9.17, 15) is 9.59 Å². The van der Waals surface area contributed by atoms with Gasteiger partial charge in [0.15, 0.2) is 0 Å². The fourth-order valence-electron chi connectivity index (χ4n) is 2.95. The molecule has 1 unspecified atom stereocenters. The molecule has 0 aromatic carbocycles. The number of hydrogen-bond acceptors (Lipinski definition) is 5. The summed E-state index contributed by atoms with van der Waals surface area (Å²) in [6.45, 7) is 3.24. The topological polar surface area (TPSA) is 76.0 Å². The smallest absolute Gasteiger partial charge is 0.262 e. The molecule has 132 valence electrons. The summed E-state index contributed by atoms with van der Waals surface area (Å²) < 4.78 is 1.51. The molecule has 2 aromatic rings. The van der Waals surface area contributed by atoms with Crippen molar-refractivity contribution in [2.75, 3.05) is 19.6 Å². The van der Waals surface area contributed by atoms with E-state index in [1.54, 1.807) is 6.07 Å². The molecular formula is C16H23ClN4O2S. The number of rotatable bonds is 6. The number of aromatic nitrogens is 2. The number of hydrogen-bond donors (Lipinski definition) is 2. The Morgan fingerprint density at radius 1 is 1.50 bits per heavy atom. The van der Waals surface area contributed by atoms with Crippen LogP contribution in [0.4, 0.5) is 0 Å². The van der Waals surface area contributed by atoms with Crippen molar-refractivity contribution in [2.45, 2.75) is 32.2 Å². The minimum atomic E-state index is -0.0719. The van der Waals surface area contributed by atoms with Crippen LogP contribution in [0.1, 0.15) is 25.7 Å².